The standard InChI is InChI=1S/C16H25O4Si/c1-12(2)8-9-16(3)19-11-13-10-14(21(17-4)18-5)6-7-15(13)20-16/h6-7,10,12H,8-9,11H2,1-5H3. The Morgan fingerprint density at radius 1 is 1.29 bits per heavy atom. The van der Waals surface area contributed by atoms with Crippen LogP contribution < -0.4 is 9.92 Å². The topological polar surface area (TPSA) is 36.9 Å². The Balaban J connectivity index is 2.12. The van der Waals surface area contributed by atoms with E-state index in [-0.39, 0.29) is 0 Å². The summed E-state index contributed by atoms with van der Waals surface area (Å²) in [6, 6.07) is 6.09. The number of hydrogen-bond donors (Lipinski definition) is 0. The van der Waals surface area contributed by atoms with E-state index in [1.165, 1.54) is 0 Å². The van der Waals surface area contributed by atoms with Gasteiger partial charge >= 0.3 is 9.28 Å². The normalized spacial score (nSPS) is 21.5. The smallest absolute Gasteiger partial charge is 0.423 e. The van der Waals surface area contributed by atoms with Gasteiger partial charge in [-0.3, -0.25) is 0 Å². The Bertz CT molecular complexity index is 473. The largest absolute Gasteiger partial charge is 0.462 e. The van der Waals surface area contributed by atoms with Gasteiger partial charge in [0.1, 0.15) is 5.75 Å². The average molecular weight is 309 g/mol. The molecule has 0 aromatic heterocycles. The highest BCUT2D eigenvalue weighted by Gasteiger charge is 2.33. The first-order chi connectivity index (χ1) is 9.97. The Hall–Kier alpha value is -0.883. The van der Waals surface area contributed by atoms with Gasteiger partial charge in [0.05, 0.1) is 6.61 Å². The van der Waals surface area contributed by atoms with Gasteiger partial charge < -0.3 is 18.3 Å². The van der Waals surface area contributed by atoms with Crippen molar-refractivity contribution in [2.75, 3.05) is 14.2 Å². The second kappa shape index (κ2) is 6.92. The quantitative estimate of drug-likeness (QED) is 0.757. The first-order valence-electron chi connectivity index (χ1n) is 7.38. The zero-order chi connectivity index (χ0) is 15.5. The molecule has 0 amide bonds. The summed E-state index contributed by atoms with van der Waals surface area (Å²) in [5.41, 5.74) is 1.06. The van der Waals surface area contributed by atoms with Gasteiger partial charge in [-0.1, -0.05) is 19.9 Å². The lowest BCUT2D eigenvalue weighted by Gasteiger charge is -2.36. The molecule has 0 spiro atoms. The summed E-state index contributed by atoms with van der Waals surface area (Å²) in [5, 5.41) is 1.07. The summed E-state index contributed by atoms with van der Waals surface area (Å²) in [6.45, 7) is 7.02. The second-order valence-electron chi connectivity index (χ2n) is 5.98. The monoisotopic (exact) mass is 309 g/mol. The van der Waals surface area contributed by atoms with E-state index in [9.17, 15) is 0 Å². The number of fused-ring (bicyclic) bond motifs is 1. The van der Waals surface area contributed by atoms with Crippen LogP contribution >= 0.6 is 0 Å². The van der Waals surface area contributed by atoms with Crippen molar-refractivity contribution in [2.24, 2.45) is 5.92 Å². The van der Waals surface area contributed by atoms with Crippen LogP contribution in [0.1, 0.15) is 39.2 Å². The molecule has 1 atom stereocenters. The minimum atomic E-state index is -1.39. The van der Waals surface area contributed by atoms with Gasteiger partial charge in [-0.15, -0.1) is 0 Å². The zero-order valence-electron chi connectivity index (χ0n) is 13.6. The van der Waals surface area contributed by atoms with Gasteiger partial charge in [0.15, 0.2) is 0 Å². The lowest BCUT2D eigenvalue weighted by molar-refractivity contribution is -0.198. The molecule has 1 radical (unpaired) electrons. The first kappa shape index (κ1) is 16.5. The Morgan fingerprint density at radius 2 is 2.00 bits per heavy atom. The van der Waals surface area contributed by atoms with Gasteiger partial charge in [0.2, 0.25) is 5.79 Å². The van der Waals surface area contributed by atoms with Crippen molar-refractivity contribution < 1.29 is 18.3 Å². The van der Waals surface area contributed by atoms with Crippen LogP contribution in [0.25, 0.3) is 0 Å². The SMILES string of the molecule is CO[Si](OC)c1ccc2c(c1)COC(C)(CCC(C)C)O2. The molecule has 0 saturated heterocycles. The van der Waals surface area contributed by atoms with Gasteiger partial charge in [-0.2, -0.15) is 0 Å². The average Bonchev–Trinajstić information content (AvgIpc) is 2.47. The number of benzene rings is 1. The van der Waals surface area contributed by atoms with Crippen molar-refractivity contribution in [1.82, 2.24) is 0 Å². The highest BCUT2D eigenvalue weighted by molar-refractivity contribution is 6.61. The molecule has 4 nitrogen and oxygen atoms in total. The summed E-state index contributed by atoms with van der Waals surface area (Å²) >= 11 is 0. The lowest BCUT2D eigenvalue weighted by atomic mass is 10.0. The van der Waals surface area contributed by atoms with Crippen molar-refractivity contribution in [3.63, 3.8) is 0 Å². The van der Waals surface area contributed by atoms with Crippen molar-refractivity contribution in [3.05, 3.63) is 23.8 Å². The molecule has 1 unspecified atom stereocenters. The molecule has 1 heterocycles. The summed E-state index contributed by atoms with van der Waals surface area (Å²) in [6.07, 6.45) is 1.99. The fraction of sp³-hybridized carbons (Fsp3) is 0.625. The predicted molar refractivity (Wildman–Crippen MR) is 83.7 cm³/mol. The summed E-state index contributed by atoms with van der Waals surface area (Å²) in [7, 11) is 1.95. The van der Waals surface area contributed by atoms with Crippen molar-refractivity contribution >= 4 is 14.5 Å². The van der Waals surface area contributed by atoms with Crippen LogP contribution in [0.4, 0.5) is 0 Å². The Labute approximate surface area is 129 Å². The minimum absolute atomic E-state index is 0.519. The molecule has 1 aromatic rings. The van der Waals surface area contributed by atoms with Crippen LogP contribution in [0.2, 0.25) is 0 Å². The molecule has 0 saturated carbocycles. The number of hydrogen-bond acceptors (Lipinski definition) is 4. The Morgan fingerprint density at radius 3 is 2.62 bits per heavy atom. The molecule has 2 rings (SSSR count). The first-order valence-corrected chi connectivity index (χ1v) is 8.70. The Kier molecular flexibility index (Phi) is 5.43. The van der Waals surface area contributed by atoms with E-state index < -0.39 is 15.1 Å². The van der Waals surface area contributed by atoms with E-state index in [1.54, 1.807) is 14.2 Å². The van der Waals surface area contributed by atoms with Crippen LogP contribution in [-0.2, 0) is 20.2 Å². The highest BCUT2D eigenvalue weighted by atomic mass is 28.3. The van der Waals surface area contributed by atoms with Crippen LogP contribution in [0, 0.1) is 5.92 Å². The molecule has 0 bridgehead atoms. The van der Waals surface area contributed by atoms with E-state index in [2.05, 4.69) is 19.9 Å². The maximum Gasteiger partial charge on any atom is 0.423 e. The molecule has 0 N–H and O–H groups in total. The second-order valence-corrected chi connectivity index (χ2v) is 7.94. The van der Waals surface area contributed by atoms with Crippen molar-refractivity contribution in [1.29, 1.82) is 0 Å². The van der Waals surface area contributed by atoms with Crippen LogP contribution in [-0.4, -0.2) is 29.3 Å². The number of rotatable bonds is 6. The molecule has 1 aliphatic rings. The van der Waals surface area contributed by atoms with Crippen LogP contribution in [0.15, 0.2) is 18.2 Å². The fourth-order valence-corrected chi connectivity index (χ4v) is 3.55. The maximum atomic E-state index is 6.08. The summed E-state index contributed by atoms with van der Waals surface area (Å²) in [4.78, 5) is 0. The molecular formula is C16H25O4Si. The van der Waals surface area contributed by atoms with E-state index in [4.69, 9.17) is 18.3 Å². The minimum Gasteiger partial charge on any atom is -0.462 e. The van der Waals surface area contributed by atoms with Gasteiger partial charge in [-0.05, 0) is 29.7 Å². The van der Waals surface area contributed by atoms with Gasteiger partial charge in [-0.25, -0.2) is 0 Å². The molecular weight excluding hydrogens is 284 g/mol. The van der Waals surface area contributed by atoms with Gasteiger partial charge in [0, 0.05) is 33.1 Å². The third-order valence-electron chi connectivity index (χ3n) is 3.70. The zero-order valence-corrected chi connectivity index (χ0v) is 14.6. The summed E-state index contributed by atoms with van der Waals surface area (Å²) in [5.74, 6) is 1.03. The lowest BCUT2D eigenvalue weighted by Crippen LogP contribution is -2.40. The third-order valence-corrected chi connectivity index (χ3v) is 5.23. The van der Waals surface area contributed by atoms with E-state index >= 15 is 0 Å². The molecule has 0 fully saturated rings. The van der Waals surface area contributed by atoms with E-state index in [1.807, 2.05) is 19.1 Å². The van der Waals surface area contributed by atoms with Gasteiger partial charge in [0.25, 0.3) is 0 Å². The molecule has 117 valence electrons. The van der Waals surface area contributed by atoms with Crippen LogP contribution in [0.5, 0.6) is 5.75 Å². The van der Waals surface area contributed by atoms with E-state index in [0.29, 0.717) is 12.5 Å². The van der Waals surface area contributed by atoms with Crippen molar-refractivity contribution in [2.45, 2.75) is 46.0 Å². The molecule has 21 heavy (non-hydrogen) atoms. The maximum absolute atomic E-state index is 6.08. The molecule has 0 aliphatic carbocycles. The molecule has 5 heteroatoms. The number of ether oxygens (including phenoxy) is 2. The highest BCUT2D eigenvalue weighted by Crippen LogP contribution is 2.33. The van der Waals surface area contributed by atoms with Crippen LogP contribution in [0.3, 0.4) is 0 Å². The molecule has 1 aliphatic heterocycles. The summed E-state index contributed by atoms with van der Waals surface area (Å²) < 4.78 is 22.8. The molecule has 1 aromatic carbocycles. The fourth-order valence-electron chi connectivity index (χ4n) is 2.40. The predicted octanol–water partition coefficient (Wildman–Crippen LogP) is 2.74. The third kappa shape index (κ3) is 4.07. The van der Waals surface area contributed by atoms with E-state index in [0.717, 1.165) is 29.3 Å². The van der Waals surface area contributed by atoms with Crippen molar-refractivity contribution in [3.8, 4) is 5.75 Å².